The third-order valence-corrected chi connectivity index (χ3v) is 10.1. The first-order valence-electron chi connectivity index (χ1n) is 20.8. The molecule has 0 amide bonds. The van der Waals surface area contributed by atoms with Crippen molar-refractivity contribution in [3.8, 4) is 0 Å². The van der Waals surface area contributed by atoms with Gasteiger partial charge in [-0.3, -0.25) is 0 Å². The molecule has 0 aliphatic heterocycles. The Labute approximate surface area is 270 Å². The van der Waals surface area contributed by atoms with E-state index in [2.05, 4.69) is 20.8 Å². The quantitative estimate of drug-likeness (QED) is 0.0627. The molecule has 0 spiro atoms. The van der Waals surface area contributed by atoms with Crippen LogP contribution in [0.3, 0.4) is 0 Å². The first-order chi connectivity index (χ1) is 20.8. The number of rotatable bonds is 38. The lowest BCUT2D eigenvalue weighted by Gasteiger charge is -2.17. The molecule has 0 aliphatic rings. The van der Waals surface area contributed by atoms with Crippen molar-refractivity contribution in [3.05, 3.63) is 0 Å². The number of unbranched alkanes of at least 4 members (excludes halogenated alkanes) is 32. The molecule has 0 radical (unpaired) electrons. The van der Waals surface area contributed by atoms with Gasteiger partial charge in [0.1, 0.15) is 0 Å². The molecular formula is C42H86. The fraction of sp³-hybridized carbons (Fsp3) is 1.00. The minimum Gasteiger partial charge on any atom is -0.0654 e. The summed E-state index contributed by atoms with van der Waals surface area (Å²) in [4.78, 5) is 0. The average molecular weight is 591 g/mol. The summed E-state index contributed by atoms with van der Waals surface area (Å²) in [6, 6.07) is 0. The second-order valence-corrected chi connectivity index (χ2v) is 14.5. The van der Waals surface area contributed by atoms with Gasteiger partial charge in [-0.25, -0.2) is 0 Å². The Morgan fingerprint density at radius 3 is 0.524 bits per heavy atom. The third-order valence-electron chi connectivity index (χ3n) is 10.1. The van der Waals surface area contributed by atoms with Gasteiger partial charge < -0.3 is 0 Å². The summed E-state index contributed by atoms with van der Waals surface area (Å²) < 4.78 is 0. The molecule has 0 aromatic heterocycles. The second kappa shape index (κ2) is 39.0. The molecule has 0 rings (SSSR count). The van der Waals surface area contributed by atoms with E-state index in [-0.39, 0.29) is 0 Å². The standard InChI is InChI=1S/C42H86/c1-4-7-10-13-15-17-19-21-22-23-24-25-27-29-31-33-35-38-41-42(39-36-12-9-6-3)40-37-34-32-30-28-26-20-18-16-14-11-8-5-2/h42H,4-41H2,1-3H3. The van der Waals surface area contributed by atoms with E-state index in [4.69, 9.17) is 0 Å². The summed E-state index contributed by atoms with van der Waals surface area (Å²) in [5.74, 6) is 1.04. The Morgan fingerprint density at radius 1 is 0.190 bits per heavy atom. The summed E-state index contributed by atoms with van der Waals surface area (Å²) in [6.45, 7) is 6.98. The highest BCUT2D eigenvalue weighted by Gasteiger charge is 2.09. The zero-order valence-electron chi connectivity index (χ0n) is 30.4. The molecule has 1 atom stereocenters. The average Bonchev–Trinajstić information content (AvgIpc) is 3.00. The summed E-state index contributed by atoms with van der Waals surface area (Å²) in [6.07, 6.45) is 56.3. The van der Waals surface area contributed by atoms with Crippen LogP contribution in [0.2, 0.25) is 0 Å². The Bertz CT molecular complexity index is 439. The topological polar surface area (TPSA) is 0 Å². The van der Waals surface area contributed by atoms with E-state index in [1.54, 1.807) is 0 Å². The Morgan fingerprint density at radius 2 is 0.333 bits per heavy atom. The van der Waals surface area contributed by atoms with Crippen molar-refractivity contribution in [2.45, 2.75) is 265 Å². The van der Waals surface area contributed by atoms with Crippen molar-refractivity contribution < 1.29 is 0 Å². The molecule has 0 saturated carbocycles. The van der Waals surface area contributed by atoms with Gasteiger partial charge in [-0.15, -0.1) is 0 Å². The minimum absolute atomic E-state index is 1.04. The van der Waals surface area contributed by atoms with Gasteiger partial charge >= 0.3 is 0 Å². The van der Waals surface area contributed by atoms with Crippen molar-refractivity contribution in [2.24, 2.45) is 5.92 Å². The maximum absolute atomic E-state index is 2.35. The maximum atomic E-state index is 2.35. The Balaban J connectivity index is 3.59. The summed E-state index contributed by atoms with van der Waals surface area (Å²) in [5, 5.41) is 0. The predicted octanol–water partition coefficient (Wildman–Crippen LogP) is 16.5. The Kier molecular flexibility index (Phi) is 39.0. The molecule has 0 aliphatic carbocycles. The molecule has 0 N–H and O–H groups in total. The van der Waals surface area contributed by atoms with E-state index in [9.17, 15) is 0 Å². The minimum atomic E-state index is 1.04. The molecule has 0 nitrogen and oxygen atoms in total. The zero-order valence-corrected chi connectivity index (χ0v) is 30.4. The fourth-order valence-electron chi connectivity index (χ4n) is 7.08. The van der Waals surface area contributed by atoms with Gasteiger partial charge in [0.15, 0.2) is 0 Å². The van der Waals surface area contributed by atoms with Gasteiger partial charge in [-0.05, 0) is 5.92 Å². The summed E-state index contributed by atoms with van der Waals surface area (Å²) in [5.41, 5.74) is 0. The van der Waals surface area contributed by atoms with Gasteiger partial charge in [0.25, 0.3) is 0 Å². The molecule has 0 heteroatoms. The molecule has 254 valence electrons. The van der Waals surface area contributed by atoms with Crippen molar-refractivity contribution in [2.75, 3.05) is 0 Å². The van der Waals surface area contributed by atoms with Crippen LogP contribution in [0.15, 0.2) is 0 Å². The van der Waals surface area contributed by atoms with Gasteiger partial charge in [0.2, 0.25) is 0 Å². The molecule has 42 heavy (non-hydrogen) atoms. The van der Waals surface area contributed by atoms with Crippen LogP contribution in [0, 0.1) is 5.92 Å². The van der Waals surface area contributed by atoms with E-state index >= 15 is 0 Å². The first-order valence-corrected chi connectivity index (χ1v) is 20.8. The van der Waals surface area contributed by atoms with Crippen LogP contribution >= 0.6 is 0 Å². The zero-order chi connectivity index (χ0) is 30.4. The van der Waals surface area contributed by atoms with Crippen LogP contribution in [0.4, 0.5) is 0 Å². The molecule has 0 fully saturated rings. The normalized spacial score (nSPS) is 12.4. The van der Waals surface area contributed by atoms with E-state index in [1.807, 2.05) is 0 Å². The second-order valence-electron chi connectivity index (χ2n) is 14.5. The number of hydrogen-bond donors (Lipinski definition) is 0. The largest absolute Gasteiger partial charge is 0.0654 e. The molecule has 0 aromatic rings. The van der Waals surface area contributed by atoms with Crippen molar-refractivity contribution in [3.63, 3.8) is 0 Å². The van der Waals surface area contributed by atoms with Gasteiger partial charge in [0, 0.05) is 0 Å². The monoisotopic (exact) mass is 591 g/mol. The maximum Gasteiger partial charge on any atom is -0.0414 e. The molecule has 0 saturated heterocycles. The van der Waals surface area contributed by atoms with E-state index in [1.165, 1.54) is 244 Å². The number of hydrogen-bond acceptors (Lipinski definition) is 0. The van der Waals surface area contributed by atoms with Crippen LogP contribution in [-0.2, 0) is 0 Å². The van der Waals surface area contributed by atoms with Gasteiger partial charge in [-0.2, -0.15) is 0 Å². The first kappa shape index (κ1) is 42.0. The predicted molar refractivity (Wildman–Crippen MR) is 196 cm³/mol. The SMILES string of the molecule is CCCCCCCCCCCCCCCCCCCCC(CCCCCC)CCCCCCCCCCCCCCC. The summed E-state index contributed by atoms with van der Waals surface area (Å²) in [7, 11) is 0. The van der Waals surface area contributed by atoms with Crippen LogP contribution in [0.5, 0.6) is 0 Å². The lowest BCUT2D eigenvalue weighted by Crippen LogP contribution is -2.01. The van der Waals surface area contributed by atoms with E-state index in [0.29, 0.717) is 0 Å². The van der Waals surface area contributed by atoms with Crippen LogP contribution in [0.1, 0.15) is 265 Å². The highest BCUT2D eigenvalue weighted by atomic mass is 14.1. The molecular weight excluding hydrogens is 504 g/mol. The third kappa shape index (κ3) is 36.2. The molecule has 0 aromatic carbocycles. The molecule has 0 bridgehead atoms. The van der Waals surface area contributed by atoms with Gasteiger partial charge in [0.05, 0.1) is 0 Å². The van der Waals surface area contributed by atoms with Crippen LogP contribution in [0.25, 0.3) is 0 Å². The lowest BCUT2D eigenvalue weighted by molar-refractivity contribution is 0.366. The van der Waals surface area contributed by atoms with Crippen molar-refractivity contribution >= 4 is 0 Å². The lowest BCUT2D eigenvalue weighted by atomic mass is 9.89. The van der Waals surface area contributed by atoms with Crippen LogP contribution in [-0.4, -0.2) is 0 Å². The fourth-order valence-corrected chi connectivity index (χ4v) is 7.08. The van der Waals surface area contributed by atoms with Gasteiger partial charge in [-0.1, -0.05) is 265 Å². The Hall–Kier alpha value is 0. The van der Waals surface area contributed by atoms with E-state index in [0.717, 1.165) is 5.92 Å². The van der Waals surface area contributed by atoms with Crippen molar-refractivity contribution in [1.82, 2.24) is 0 Å². The van der Waals surface area contributed by atoms with E-state index < -0.39 is 0 Å². The highest BCUT2D eigenvalue weighted by molar-refractivity contribution is 4.62. The smallest absolute Gasteiger partial charge is 0.0414 e. The summed E-state index contributed by atoms with van der Waals surface area (Å²) >= 11 is 0. The molecule has 1 unspecified atom stereocenters. The van der Waals surface area contributed by atoms with Crippen molar-refractivity contribution in [1.29, 1.82) is 0 Å². The van der Waals surface area contributed by atoms with Crippen LogP contribution < -0.4 is 0 Å². The highest BCUT2D eigenvalue weighted by Crippen LogP contribution is 2.25. The molecule has 0 heterocycles.